The smallest absolute Gasteiger partial charge is 0.246 e. The van der Waals surface area contributed by atoms with Gasteiger partial charge in [0.25, 0.3) is 0 Å². The van der Waals surface area contributed by atoms with Crippen LogP contribution in [0.15, 0.2) is 47.4 Å². The van der Waals surface area contributed by atoms with Gasteiger partial charge in [0.05, 0.1) is 23.7 Å². The first kappa shape index (κ1) is 21.6. The van der Waals surface area contributed by atoms with Gasteiger partial charge in [0.15, 0.2) is 0 Å². The van der Waals surface area contributed by atoms with Crippen LogP contribution in [-0.2, 0) is 21.2 Å². The zero-order valence-electron chi connectivity index (χ0n) is 17.8. The molecule has 2 aliphatic heterocycles. The molecule has 8 heteroatoms. The summed E-state index contributed by atoms with van der Waals surface area (Å²) in [6, 6.07) is 12.7. The number of hydrogen-bond acceptors (Lipinski definition) is 5. The van der Waals surface area contributed by atoms with Crippen LogP contribution in [0.5, 0.6) is 5.75 Å². The molecule has 1 saturated heterocycles. The number of benzene rings is 2. The number of para-hydroxylation sites is 1. The summed E-state index contributed by atoms with van der Waals surface area (Å²) in [6.07, 6.45) is 3.67. The highest BCUT2D eigenvalue weighted by molar-refractivity contribution is 7.89. The molecule has 0 saturated carbocycles. The van der Waals surface area contributed by atoms with E-state index in [1.807, 2.05) is 31.2 Å². The minimum atomic E-state index is -3.57. The summed E-state index contributed by atoms with van der Waals surface area (Å²) in [7, 11) is -3.57. The van der Waals surface area contributed by atoms with Crippen LogP contribution in [0.25, 0.3) is 0 Å². The molecule has 0 spiro atoms. The first-order valence-corrected chi connectivity index (χ1v) is 12.3. The zero-order chi connectivity index (χ0) is 21.8. The molecule has 1 amide bonds. The lowest BCUT2D eigenvalue weighted by Gasteiger charge is -2.26. The second-order valence-electron chi connectivity index (χ2n) is 7.83. The highest BCUT2D eigenvalue weighted by Crippen LogP contribution is 2.31. The number of nitrogens with zero attached hydrogens (tertiary/aromatic N) is 2. The predicted molar refractivity (Wildman–Crippen MR) is 121 cm³/mol. The van der Waals surface area contributed by atoms with Crippen molar-refractivity contribution in [2.24, 2.45) is 0 Å². The Morgan fingerprint density at radius 2 is 1.84 bits per heavy atom. The van der Waals surface area contributed by atoms with Gasteiger partial charge in [-0.2, -0.15) is 4.31 Å². The third-order valence-corrected chi connectivity index (χ3v) is 7.72. The van der Waals surface area contributed by atoms with Crippen molar-refractivity contribution >= 4 is 27.3 Å². The summed E-state index contributed by atoms with van der Waals surface area (Å²) < 4.78 is 33.4. The molecule has 0 unspecified atom stereocenters. The molecule has 1 fully saturated rings. The molecule has 166 valence electrons. The minimum absolute atomic E-state index is 0.0572. The molecular formula is C23H29N3O4S. The number of fused-ring (bicyclic) bond motifs is 1. The summed E-state index contributed by atoms with van der Waals surface area (Å²) >= 11 is 0. The molecule has 2 heterocycles. The molecule has 0 atom stereocenters. The van der Waals surface area contributed by atoms with Gasteiger partial charge in [0.1, 0.15) is 5.75 Å². The first-order valence-electron chi connectivity index (χ1n) is 10.9. The molecule has 2 aromatic rings. The lowest BCUT2D eigenvalue weighted by Crippen LogP contribution is -2.35. The second-order valence-corrected chi connectivity index (χ2v) is 9.77. The van der Waals surface area contributed by atoms with E-state index >= 15 is 0 Å². The number of amides is 1. The van der Waals surface area contributed by atoms with Gasteiger partial charge in [0, 0.05) is 25.3 Å². The van der Waals surface area contributed by atoms with Crippen molar-refractivity contribution in [1.82, 2.24) is 4.31 Å². The fraction of sp³-hybridized carbons (Fsp3) is 0.435. The van der Waals surface area contributed by atoms with Crippen LogP contribution >= 0.6 is 0 Å². The number of carbonyl (C=O) groups excluding carboxylic acids is 1. The standard InChI is InChI=1S/C23H29N3O4S/c1-2-30-22-11-10-19(31(28,29)25-13-6-3-7-14-25)16-20(22)24-17-23(27)26-15-12-18-8-4-5-9-21(18)26/h4-5,8-11,16,24H,2-3,6-7,12-15,17H2,1H3. The van der Waals surface area contributed by atoms with Crippen LogP contribution in [0.3, 0.4) is 0 Å². The summed E-state index contributed by atoms with van der Waals surface area (Å²) in [4.78, 5) is 14.9. The normalized spacial score (nSPS) is 16.7. The number of nitrogens with one attached hydrogen (secondary N) is 1. The van der Waals surface area contributed by atoms with Crippen molar-refractivity contribution in [1.29, 1.82) is 0 Å². The average molecular weight is 444 g/mol. The monoisotopic (exact) mass is 443 g/mol. The Hall–Kier alpha value is -2.58. The van der Waals surface area contributed by atoms with E-state index in [4.69, 9.17) is 4.74 Å². The van der Waals surface area contributed by atoms with Crippen molar-refractivity contribution < 1.29 is 17.9 Å². The van der Waals surface area contributed by atoms with Gasteiger partial charge in [-0.15, -0.1) is 0 Å². The van der Waals surface area contributed by atoms with E-state index < -0.39 is 10.0 Å². The molecule has 0 aromatic heterocycles. The largest absolute Gasteiger partial charge is 0.492 e. The summed E-state index contributed by atoms with van der Waals surface area (Å²) in [5.41, 5.74) is 2.63. The zero-order valence-corrected chi connectivity index (χ0v) is 18.7. The van der Waals surface area contributed by atoms with Crippen LogP contribution in [0.1, 0.15) is 31.7 Å². The van der Waals surface area contributed by atoms with E-state index in [1.54, 1.807) is 27.4 Å². The van der Waals surface area contributed by atoms with Crippen molar-refractivity contribution in [2.75, 3.05) is 43.0 Å². The van der Waals surface area contributed by atoms with Crippen molar-refractivity contribution in [3.63, 3.8) is 0 Å². The Morgan fingerprint density at radius 1 is 1.06 bits per heavy atom. The molecule has 1 N–H and O–H groups in total. The molecule has 0 radical (unpaired) electrons. The van der Waals surface area contributed by atoms with Crippen LogP contribution in [0, 0.1) is 0 Å². The highest BCUT2D eigenvalue weighted by atomic mass is 32.2. The fourth-order valence-electron chi connectivity index (χ4n) is 4.21. The van der Waals surface area contributed by atoms with E-state index in [1.165, 1.54) is 5.56 Å². The third-order valence-electron chi connectivity index (χ3n) is 5.82. The number of carbonyl (C=O) groups is 1. The van der Waals surface area contributed by atoms with Gasteiger partial charge in [-0.1, -0.05) is 24.6 Å². The second kappa shape index (κ2) is 9.28. The van der Waals surface area contributed by atoms with Crippen LogP contribution < -0.4 is 15.0 Å². The SMILES string of the molecule is CCOc1ccc(S(=O)(=O)N2CCCCC2)cc1NCC(=O)N1CCc2ccccc21. The first-order chi connectivity index (χ1) is 15.0. The van der Waals surface area contributed by atoms with Gasteiger partial charge in [-0.25, -0.2) is 8.42 Å². The predicted octanol–water partition coefficient (Wildman–Crippen LogP) is 3.26. The van der Waals surface area contributed by atoms with Gasteiger partial charge in [-0.3, -0.25) is 4.79 Å². The van der Waals surface area contributed by atoms with E-state index in [-0.39, 0.29) is 17.3 Å². The molecule has 2 aromatic carbocycles. The Labute approximate surface area is 184 Å². The molecule has 2 aliphatic rings. The lowest BCUT2D eigenvalue weighted by molar-refractivity contribution is -0.116. The van der Waals surface area contributed by atoms with Gasteiger partial charge in [0.2, 0.25) is 15.9 Å². The maximum Gasteiger partial charge on any atom is 0.246 e. The average Bonchev–Trinajstić information content (AvgIpc) is 3.23. The van der Waals surface area contributed by atoms with Crippen LogP contribution in [0.4, 0.5) is 11.4 Å². The molecule has 0 aliphatic carbocycles. The number of anilines is 2. The van der Waals surface area contributed by atoms with E-state index in [9.17, 15) is 13.2 Å². The topological polar surface area (TPSA) is 79.0 Å². The lowest BCUT2D eigenvalue weighted by atomic mass is 10.2. The number of hydrogen-bond donors (Lipinski definition) is 1. The molecular weight excluding hydrogens is 414 g/mol. The van der Waals surface area contributed by atoms with E-state index in [0.29, 0.717) is 37.7 Å². The van der Waals surface area contributed by atoms with Crippen molar-refractivity contribution in [2.45, 2.75) is 37.5 Å². The molecule has 7 nitrogen and oxygen atoms in total. The van der Waals surface area contributed by atoms with Crippen LogP contribution in [0.2, 0.25) is 0 Å². The third kappa shape index (κ3) is 4.55. The number of ether oxygens (including phenoxy) is 1. The van der Waals surface area contributed by atoms with Gasteiger partial charge >= 0.3 is 0 Å². The summed E-state index contributed by atoms with van der Waals surface area (Å²) in [5.74, 6) is 0.478. The highest BCUT2D eigenvalue weighted by Gasteiger charge is 2.27. The van der Waals surface area contributed by atoms with Crippen molar-refractivity contribution in [3.8, 4) is 5.75 Å². The maximum atomic E-state index is 13.1. The van der Waals surface area contributed by atoms with Crippen molar-refractivity contribution in [3.05, 3.63) is 48.0 Å². The Bertz CT molecular complexity index is 1050. The molecule has 4 rings (SSSR count). The summed E-state index contributed by atoms with van der Waals surface area (Å²) in [5, 5.41) is 3.12. The Balaban J connectivity index is 1.53. The van der Waals surface area contributed by atoms with E-state index in [2.05, 4.69) is 5.32 Å². The molecule has 0 bridgehead atoms. The van der Waals surface area contributed by atoms with Gasteiger partial charge in [-0.05, 0) is 56.0 Å². The number of rotatable bonds is 7. The van der Waals surface area contributed by atoms with E-state index in [0.717, 1.165) is 31.4 Å². The summed E-state index contributed by atoms with van der Waals surface area (Å²) in [6.45, 7) is 4.12. The quantitative estimate of drug-likeness (QED) is 0.711. The molecule has 31 heavy (non-hydrogen) atoms. The van der Waals surface area contributed by atoms with Crippen LogP contribution in [-0.4, -0.2) is 51.4 Å². The Kier molecular flexibility index (Phi) is 6.48. The fourth-order valence-corrected chi connectivity index (χ4v) is 5.75. The van der Waals surface area contributed by atoms with Gasteiger partial charge < -0.3 is 15.0 Å². The Morgan fingerprint density at radius 3 is 2.61 bits per heavy atom. The maximum absolute atomic E-state index is 13.1. The number of piperidine rings is 1. The minimum Gasteiger partial charge on any atom is -0.492 e. The number of sulfonamides is 1.